The molecule has 2 atom stereocenters. The molecule has 0 saturated carbocycles. The third kappa shape index (κ3) is 3.55. The zero-order valence-electron chi connectivity index (χ0n) is 13.7. The monoisotopic (exact) mass is 293 g/mol. The third-order valence-corrected chi connectivity index (χ3v) is 4.48. The van der Waals surface area contributed by atoms with Crippen molar-refractivity contribution in [3.8, 4) is 0 Å². The van der Waals surface area contributed by atoms with Crippen molar-refractivity contribution in [1.82, 2.24) is 4.90 Å². The van der Waals surface area contributed by atoms with E-state index in [-0.39, 0.29) is 11.9 Å². The van der Waals surface area contributed by atoms with Crippen molar-refractivity contribution in [3.63, 3.8) is 0 Å². The van der Waals surface area contributed by atoms with Crippen LogP contribution in [0.15, 0.2) is 12.1 Å². The first-order valence-electron chi connectivity index (χ1n) is 7.94. The van der Waals surface area contributed by atoms with Crippen LogP contribution < -0.4 is 10.6 Å². The number of rotatable bonds is 3. The Morgan fingerprint density at radius 1 is 1.38 bits per heavy atom. The lowest BCUT2D eigenvalue weighted by atomic mass is 10.0. The Kier molecular flexibility index (Phi) is 5.22. The molecular weight excluding hydrogens is 265 g/mol. The van der Waals surface area contributed by atoms with Crippen LogP contribution >= 0.6 is 0 Å². The molecule has 0 bridgehead atoms. The van der Waals surface area contributed by atoms with Gasteiger partial charge in [0.15, 0.2) is 0 Å². The van der Waals surface area contributed by atoms with E-state index in [0.717, 1.165) is 43.7 Å². The molecule has 4 heteroatoms. The first-order valence-corrected chi connectivity index (χ1v) is 7.94. The van der Waals surface area contributed by atoms with Gasteiger partial charge >= 0.3 is 0 Å². The Hall–Kier alpha value is -1.13. The number of anilines is 1. The minimum Gasteiger partial charge on any atom is -0.367 e. The lowest BCUT2D eigenvalue weighted by Gasteiger charge is -2.34. The van der Waals surface area contributed by atoms with Gasteiger partial charge in [-0.3, -0.25) is 0 Å². The summed E-state index contributed by atoms with van der Waals surface area (Å²) < 4.78 is 13.9. The second-order valence-corrected chi connectivity index (χ2v) is 6.32. The summed E-state index contributed by atoms with van der Waals surface area (Å²) in [7, 11) is 2.18. The summed E-state index contributed by atoms with van der Waals surface area (Å²) in [6.45, 7) is 9.14. The summed E-state index contributed by atoms with van der Waals surface area (Å²) in [4.78, 5) is 4.82. The highest BCUT2D eigenvalue weighted by Gasteiger charge is 2.25. The fraction of sp³-hybridized carbons (Fsp3) is 0.647. The number of nitrogens with two attached hydrogens (primary N) is 1. The first kappa shape index (κ1) is 16.2. The maximum Gasteiger partial charge on any atom is 0.126 e. The quantitative estimate of drug-likeness (QED) is 0.929. The predicted octanol–water partition coefficient (Wildman–Crippen LogP) is 3.07. The zero-order chi connectivity index (χ0) is 15.6. The average Bonchev–Trinajstić information content (AvgIpc) is 2.62. The molecule has 0 spiro atoms. The van der Waals surface area contributed by atoms with E-state index in [1.807, 2.05) is 19.9 Å². The highest BCUT2D eigenvalue weighted by Crippen LogP contribution is 2.31. The van der Waals surface area contributed by atoms with Crippen molar-refractivity contribution in [2.24, 2.45) is 5.73 Å². The van der Waals surface area contributed by atoms with E-state index in [1.165, 1.54) is 0 Å². The minimum absolute atomic E-state index is 0.159. The molecule has 2 rings (SSSR count). The molecule has 1 unspecified atom stereocenters. The summed E-state index contributed by atoms with van der Waals surface area (Å²) in [5.74, 6) is -0.161. The molecule has 2 N–H and O–H groups in total. The van der Waals surface area contributed by atoms with Crippen LogP contribution in [0.5, 0.6) is 0 Å². The maximum absolute atomic E-state index is 13.9. The van der Waals surface area contributed by atoms with Crippen LogP contribution in [0.3, 0.4) is 0 Å². The Labute approximate surface area is 127 Å². The second kappa shape index (κ2) is 6.75. The van der Waals surface area contributed by atoms with Gasteiger partial charge in [-0.1, -0.05) is 6.92 Å². The molecule has 0 aliphatic carbocycles. The van der Waals surface area contributed by atoms with Gasteiger partial charge in [-0.15, -0.1) is 0 Å². The summed E-state index contributed by atoms with van der Waals surface area (Å²) in [5, 5.41) is 0. The van der Waals surface area contributed by atoms with Gasteiger partial charge in [-0.2, -0.15) is 0 Å². The van der Waals surface area contributed by atoms with Gasteiger partial charge in [-0.05, 0) is 63.5 Å². The Balaban J connectivity index is 2.44. The normalized spacial score (nSPS) is 22.2. The molecule has 0 radical (unpaired) electrons. The van der Waals surface area contributed by atoms with E-state index in [1.54, 1.807) is 6.07 Å². The molecular formula is C17H28FN3. The average molecular weight is 293 g/mol. The van der Waals surface area contributed by atoms with Crippen LogP contribution in [0.2, 0.25) is 0 Å². The molecule has 1 fully saturated rings. The topological polar surface area (TPSA) is 32.5 Å². The predicted molar refractivity (Wildman–Crippen MR) is 87.3 cm³/mol. The van der Waals surface area contributed by atoms with E-state index >= 15 is 0 Å². The molecule has 1 saturated heterocycles. The molecule has 1 aromatic carbocycles. The van der Waals surface area contributed by atoms with Gasteiger partial charge < -0.3 is 15.5 Å². The number of hydrogen-bond acceptors (Lipinski definition) is 3. The summed E-state index contributed by atoms with van der Waals surface area (Å²) in [5.41, 5.74) is 8.82. The maximum atomic E-state index is 13.9. The third-order valence-electron chi connectivity index (χ3n) is 4.48. The first-order chi connectivity index (χ1) is 9.93. The smallest absolute Gasteiger partial charge is 0.126 e. The van der Waals surface area contributed by atoms with Crippen molar-refractivity contribution >= 4 is 5.69 Å². The van der Waals surface area contributed by atoms with E-state index < -0.39 is 0 Å². The summed E-state index contributed by atoms with van der Waals surface area (Å²) in [6, 6.07) is 3.90. The van der Waals surface area contributed by atoms with Gasteiger partial charge in [0.05, 0.1) is 0 Å². The van der Waals surface area contributed by atoms with Crippen LogP contribution in [0, 0.1) is 12.7 Å². The molecule has 118 valence electrons. The Morgan fingerprint density at radius 2 is 2.10 bits per heavy atom. The largest absolute Gasteiger partial charge is 0.367 e. The van der Waals surface area contributed by atoms with Crippen LogP contribution in [0.1, 0.15) is 43.9 Å². The lowest BCUT2D eigenvalue weighted by Crippen LogP contribution is -2.40. The number of hydrogen-bond donors (Lipinski definition) is 1. The molecule has 1 aliphatic heterocycles. The molecule has 0 aromatic heterocycles. The number of nitrogens with zero attached hydrogens (tertiary/aromatic N) is 2. The van der Waals surface area contributed by atoms with Gasteiger partial charge in [-0.25, -0.2) is 4.39 Å². The van der Waals surface area contributed by atoms with E-state index in [9.17, 15) is 4.39 Å². The highest BCUT2D eigenvalue weighted by molar-refractivity contribution is 5.58. The molecule has 3 nitrogen and oxygen atoms in total. The summed E-state index contributed by atoms with van der Waals surface area (Å²) >= 11 is 0. The minimum atomic E-state index is -0.161. The molecule has 21 heavy (non-hydrogen) atoms. The van der Waals surface area contributed by atoms with Crippen LogP contribution in [0.25, 0.3) is 0 Å². The van der Waals surface area contributed by atoms with Crippen molar-refractivity contribution in [2.75, 3.05) is 31.6 Å². The Bertz CT molecular complexity index is 487. The lowest BCUT2D eigenvalue weighted by molar-refractivity contribution is 0.328. The van der Waals surface area contributed by atoms with Gasteiger partial charge in [0.2, 0.25) is 0 Å². The van der Waals surface area contributed by atoms with Crippen LogP contribution in [0.4, 0.5) is 10.1 Å². The van der Waals surface area contributed by atoms with E-state index in [4.69, 9.17) is 5.73 Å². The fourth-order valence-electron chi connectivity index (χ4n) is 3.20. The standard InChI is InChI=1S/C17H28FN3/c1-5-14-11-20(4)7-6-8-21(14)17-9-12(2)16(18)10-15(17)13(3)19/h9-10,13-14H,5-8,11,19H2,1-4H3/t13-,14?/m1/s1. The second-order valence-electron chi connectivity index (χ2n) is 6.32. The van der Waals surface area contributed by atoms with Crippen molar-refractivity contribution in [2.45, 2.75) is 45.7 Å². The molecule has 1 aromatic rings. The number of benzene rings is 1. The van der Waals surface area contributed by atoms with Crippen molar-refractivity contribution in [3.05, 3.63) is 29.1 Å². The van der Waals surface area contributed by atoms with Gasteiger partial charge in [0.25, 0.3) is 0 Å². The zero-order valence-corrected chi connectivity index (χ0v) is 13.7. The molecule has 1 aliphatic rings. The Morgan fingerprint density at radius 3 is 2.71 bits per heavy atom. The highest BCUT2D eigenvalue weighted by atomic mass is 19.1. The van der Waals surface area contributed by atoms with Crippen LogP contribution in [-0.2, 0) is 0 Å². The molecule has 0 amide bonds. The van der Waals surface area contributed by atoms with Crippen molar-refractivity contribution in [1.29, 1.82) is 0 Å². The van der Waals surface area contributed by atoms with Gasteiger partial charge in [0.1, 0.15) is 5.82 Å². The van der Waals surface area contributed by atoms with Crippen molar-refractivity contribution < 1.29 is 4.39 Å². The van der Waals surface area contributed by atoms with Crippen LogP contribution in [-0.4, -0.2) is 37.6 Å². The number of aryl methyl sites for hydroxylation is 1. The number of likely N-dealkylation sites (N-methyl/N-ethyl adjacent to an activating group) is 1. The van der Waals surface area contributed by atoms with Gasteiger partial charge in [0, 0.05) is 30.9 Å². The van der Waals surface area contributed by atoms with E-state index in [0.29, 0.717) is 11.6 Å². The fourth-order valence-corrected chi connectivity index (χ4v) is 3.20. The summed E-state index contributed by atoms with van der Waals surface area (Å²) in [6.07, 6.45) is 2.21. The SMILES string of the molecule is CCC1CN(C)CCCN1c1cc(C)c(F)cc1[C@@H](C)N. The van der Waals surface area contributed by atoms with E-state index in [2.05, 4.69) is 23.8 Å². The number of halogens is 1. The molecule has 1 heterocycles.